The summed E-state index contributed by atoms with van der Waals surface area (Å²) in [5.74, 6) is -0.352. The quantitative estimate of drug-likeness (QED) is 0.537. The zero-order valence-electron chi connectivity index (χ0n) is 15.2. The molecule has 8 heteroatoms. The van der Waals surface area contributed by atoms with Crippen molar-refractivity contribution < 1.29 is 4.79 Å². The van der Waals surface area contributed by atoms with E-state index >= 15 is 0 Å². The lowest BCUT2D eigenvalue weighted by molar-refractivity contribution is -0.115. The van der Waals surface area contributed by atoms with E-state index in [1.54, 1.807) is 15.9 Å². The van der Waals surface area contributed by atoms with Gasteiger partial charge in [-0.15, -0.1) is 11.3 Å². The largest absolute Gasteiger partial charge is 0.369 e. The highest BCUT2D eigenvalue weighted by atomic mass is 32.2. The number of carbonyl (C=O) groups excluding carboxylic acids is 1. The molecule has 140 valence electrons. The van der Waals surface area contributed by atoms with Gasteiger partial charge in [-0.1, -0.05) is 23.9 Å². The van der Waals surface area contributed by atoms with E-state index in [9.17, 15) is 9.59 Å². The standard InChI is InChI=1S/C19H20N4O2S2/c1-11-4-3-5-12(8-11)23-18(25)16-13-6-7-22(2)9-14(13)27-17(16)21-19(23)26-10-15(20)24/h3-5,8H,6-7,9-10H2,1-2H3,(H2,20,24). The number of carbonyl (C=O) groups is 1. The van der Waals surface area contributed by atoms with Crippen LogP contribution in [0.4, 0.5) is 0 Å². The summed E-state index contributed by atoms with van der Waals surface area (Å²) >= 11 is 2.78. The molecule has 0 bridgehead atoms. The number of benzene rings is 1. The molecular formula is C19H20N4O2S2. The van der Waals surface area contributed by atoms with Gasteiger partial charge in [-0.25, -0.2) is 4.98 Å². The number of hydrogen-bond donors (Lipinski definition) is 1. The molecule has 27 heavy (non-hydrogen) atoms. The van der Waals surface area contributed by atoms with Crippen LogP contribution in [0, 0.1) is 6.92 Å². The fraction of sp³-hybridized carbons (Fsp3) is 0.316. The summed E-state index contributed by atoms with van der Waals surface area (Å²) in [5, 5.41) is 1.22. The lowest BCUT2D eigenvalue weighted by atomic mass is 10.1. The number of rotatable bonds is 4. The molecule has 0 unspecified atom stereocenters. The zero-order chi connectivity index (χ0) is 19.1. The van der Waals surface area contributed by atoms with Crippen molar-refractivity contribution in [2.45, 2.75) is 25.0 Å². The van der Waals surface area contributed by atoms with Crippen molar-refractivity contribution in [1.29, 1.82) is 0 Å². The van der Waals surface area contributed by atoms with Crippen LogP contribution in [0.25, 0.3) is 15.9 Å². The molecule has 1 aromatic carbocycles. The average molecular weight is 401 g/mol. The van der Waals surface area contributed by atoms with Crippen molar-refractivity contribution in [3.05, 3.63) is 50.6 Å². The molecule has 1 aliphatic heterocycles. The third-order valence-electron chi connectivity index (χ3n) is 4.64. The highest BCUT2D eigenvalue weighted by Crippen LogP contribution is 2.33. The van der Waals surface area contributed by atoms with Crippen LogP contribution in [0.3, 0.4) is 0 Å². The van der Waals surface area contributed by atoms with E-state index in [4.69, 9.17) is 10.7 Å². The number of hydrogen-bond acceptors (Lipinski definition) is 6. The Labute approximate surface area is 165 Å². The fourth-order valence-electron chi connectivity index (χ4n) is 3.38. The van der Waals surface area contributed by atoms with Crippen molar-refractivity contribution >= 4 is 39.2 Å². The van der Waals surface area contributed by atoms with Crippen molar-refractivity contribution in [1.82, 2.24) is 14.5 Å². The first-order chi connectivity index (χ1) is 12.9. The summed E-state index contributed by atoms with van der Waals surface area (Å²) in [4.78, 5) is 33.8. The Balaban J connectivity index is 1.97. The normalized spacial score (nSPS) is 14.4. The Hall–Kier alpha value is -2.16. The molecule has 0 atom stereocenters. The SMILES string of the molecule is Cc1cccc(-n2c(SCC(N)=O)nc3sc4c(c3c2=O)CCN(C)C4)c1. The van der Waals surface area contributed by atoms with Gasteiger partial charge in [0.2, 0.25) is 5.91 Å². The average Bonchev–Trinajstić information content (AvgIpc) is 2.97. The Bertz CT molecular complexity index is 1100. The molecule has 0 spiro atoms. The monoisotopic (exact) mass is 400 g/mol. The van der Waals surface area contributed by atoms with Gasteiger partial charge in [0.15, 0.2) is 5.16 Å². The first-order valence-corrected chi connectivity index (χ1v) is 10.5. The van der Waals surface area contributed by atoms with Crippen LogP contribution < -0.4 is 11.3 Å². The molecule has 0 radical (unpaired) electrons. The Morgan fingerprint density at radius 1 is 1.41 bits per heavy atom. The summed E-state index contributed by atoms with van der Waals surface area (Å²) in [5.41, 5.74) is 8.19. The van der Waals surface area contributed by atoms with Crippen molar-refractivity contribution in [3.8, 4) is 5.69 Å². The minimum absolute atomic E-state index is 0.0698. The van der Waals surface area contributed by atoms with E-state index in [1.165, 1.54) is 16.6 Å². The number of aromatic nitrogens is 2. The van der Waals surface area contributed by atoms with Crippen molar-refractivity contribution in [2.24, 2.45) is 5.73 Å². The number of aryl methyl sites for hydroxylation is 1. The lowest BCUT2D eigenvalue weighted by Crippen LogP contribution is -2.27. The van der Waals surface area contributed by atoms with Gasteiger partial charge < -0.3 is 10.6 Å². The maximum absolute atomic E-state index is 13.5. The van der Waals surface area contributed by atoms with Crippen LogP contribution in [0.15, 0.2) is 34.2 Å². The third kappa shape index (κ3) is 3.40. The highest BCUT2D eigenvalue weighted by Gasteiger charge is 2.24. The number of amides is 1. The molecule has 1 aliphatic rings. The third-order valence-corrected chi connectivity index (χ3v) is 6.71. The Morgan fingerprint density at radius 3 is 2.96 bits per heavy atom. The van der Waals surface area contributed by atoms with Crippen LogP contribution in [-0.2, 0) is 17.8 Å². The second-order valence-corrected chi connectivity index (χ2v) is 8.83. The first kappa shape index (κ1) is 18.2. The highest BCUT2D eigenvalue weighted by molar-refractivity contribution is 7.99. The first-order valence-electron chi connectivity index (χ1n) is 8.68. The van der Waals surface area contributed by atoms with Gasteiger partial charge in [-0.05, 0) is 43.7 Å². The molecule has 0 fully saturated rings. The zero-order valence-corrected chi connectivity index (χ0v) is 16.8. The van der Waals surface area contributed by atoms with Gasteiger partial charge >= 0.3 is 0 Å². The smallest absolute Gasteiger partial charge is 0.267 e. The molecule has 2 aromatic heterocycles. The second kappa shape index (κ2) is 7.10. The van der Waals surface area contributed by atoms with Crippen molar-refractivity contribution in [3.63, 3.8) is 0 Å². The van der Waals surface area contributed by atoms with Gasteiger partial charge in [0.05, 0.1) is 16.8 Å². The Morgan fingerprint density at radius 2 is 2.22 bits per heavy atom. The topological polar surface area (TPSA) is 81.2 Å². The predicted octanol–water partition coefficient (Wildman–Crippen LogP) is 2.32. The van der Waals surface area contributed by atoms with E-state index in [1.807, 2.05) is 31.2 Å². The van der Waals surface area contributed by atoms with Crippen LogP contribution in [0.2, 0.25) is 0 Å². The van der Waals surface area contributed by atoms with Crippen LogP contribution in [-0.4, -0.2) is 39.7 Å². The maximum atomic E-state index is 13.5. The number of likely N-dealkylation sites (N-methyl/N-ethyl adjacent to an activating group) is 1. The second-order valence-electron chi connectivity index (χ2n) is 6.80. The van der Waals surface area contributed by atoms with E-state index in [-0.39, 0.29) is 11.3 Å². The van der Waals surface area contributed by atoms with E-state index in [0.717, 1.165) is 41.2 Å². The minimum Gasteiger partial charge on any atom is -0.369 e. The molecule has 3 aromatic rings. The van der Waals surface area contributed by atoms with E-state index in [0.29, 0.717) is 10.5 Å². The molecule has 6 nitrogen and oxygen atoms in total. The molecule has 1 amide bonds. The van der Waals surface area contributed by atoms with Crippen molar-refractivity contribution in [2.75, 3.05) is 19.3 Å². The van der Waals surface area contributed by atoms with Crippen LogP contribution in [0.5, 0.6) is 0 Å². The fourth-order valence-corrected chi connectivity index (χ4v) is 5.47. The minimum atomic E-state index is -0.433. The van der Waals surface area contributed by atoms with Crippen LogP contribution in [0.1, 0.15) is 16.0 Å². The van der Waals surface area contributed by atoms with Crippen LogP contribution >= 0.6 is 23.1 Å². The predicted molar refractivity (Wildman–Crippen MR) is 110 cm³/mol. The summed E-state index contributed by atoms with van der Waals surface area (Å²) < 4.78 is 1.62. The Kier molecular flexibility index (Phi) is 4.79. The number of fused-ring (bicyclic) bond motifs is 3. The van der Waals surface area contributed by atoms with Gasteiger partial charge in [0, 0.05) is 18.0 Å². The number of nitrogens with zero attached hydrogens (tertiary/aromatic N) is 3. The van der Waals surface area contributed by atoms with Gasteiger partial charge in [0.1, 0.15) is 4.83 Å². The van der Waals surface area contributed by atoms with Gasteiger partial charge in [-0.3, -0.25) is 14.2 Å². The summed E-state index contributed by atoms with van der Waals surface area (Å²) in [6.45, 7) is 3.75. The molecule has 2 N–H and O–H groups in total. The molecule has 0 saturated carbocycles. The number of nitrogens with two attached hydrogens (primary N) is 1. The van der Waals surface area contributed by atoms with Gasteiger partial charge in [0.25, 0.3) is 5.56 Å². The molecule has 0 saturated heterocycles. The molecule has 3 heterocycles. The molecular weight excluding hydrogens is 380 g/mol. The van der Waals surface area contributed by atoms with E-state index < -0.39 is 5.91 Å². The maximum Gasteiger partial charge on any atom is 0.267 e. The number of thioether (sulfide) groups is 1. The van der Waals surface area contributed by atoms with Gasteiger partial charge in [-0.2, -0.15) is 0 Å². The molecule has 0 aliphatic carbocycles. The summed E-state index contributed by atoms with van der Waals surface area (Å²) in [6.07, 6.45) is 0.852. The summed E-state index contributed by atoms with van der Waals surface area (Å²) in [7, 11) is 2.08. The number of thiophene rings is 1. The lowest BCUT2D eigenvalue weighted by Gasteiger charge is -2.21. The molecule has 4 rings (SSSR count). The summed E-state index contributed by atoms with van der Waals surface area (Å²) in [6, 6.07) is 7.75. The number of primary amides is 1. The van der Waals surface area contributed by atoms with E-state index in [2.05, 4.69) is 11.9 Å².